The van der Waals surface area contributed by atoms with Crippen LogP contribution in [0.3, 0.4) is 0 Å². The number of ether oxygens (including phenoxy) is 1. The normalized spacial score (nSPS) is 23.0. The van der Waals surface area contributed by atoms with Crippen LogP contribution in [0.4, 0.5) is 4.39 Å². The Morgan fingerprint density at radius 1 is 1.36 bits per heavy atom. The van der Waals surface area contributed by atoms with Gasteiger partial charge in [-0.15, -0.1) is 0 Å². The number of pyridine rings is 1. The number of fused-ring (bicyclic) bond motifs is 1. The van der Waals surface area contributed by atoms with Crippen molar-refractivity contribution in [2.45, 2.75) is 38.0 Å². The number of nitrogens with zero attached hydrogens (tertiary/aromatic N) is 1. The van der Waals surface area contributed by atoms with Crippen molar-refractivity contribution in [1.82, 2.24) is 4.98 Å². The number of primary amides is 1. The van der Waals surface area contributed by atoms with E-state index in [9.17, 15) is 9.18 Å². The van der Waals surface area contributed by atoms with Gasteiger partial charge in [-0.2, -0.15) is 0 Å². The Balaban J connectivity index is 1.91. The van der Waals surface area contributed by atoms with Crippen molar-refractivity contribution >= 4 is 5.91 Å². The second-order valence-corrected chi connectivity index (χ2v) is 7.39. The standard InChI is InChI=1S/C20H21FN2O2/c1-11(12-3-4-12)16-9-15-18(25-10-20(15,2)19(22)24)17(23-16)13-5-7-14(21)8-6-13/h5-9,11-12H,3-4,10H2,1-2H3,(H2,22,24)/t11?,20-/m0/s1. The minimum Gasteiger partial charge on any atom is -0.489 e. The molecule has 1 saturated carbocycles. The summed E-state index contributed by atoms with van der Waals surface area (Å²) in [5.41, 5.74) is 7.96. The molecule has 1 fully saturated rings. The number of nitrogens with two attached hydrogens (primary N) is 1. The monoisotopic (exact) mass is 340 g/mol. The first-order chi connectivity index (χ1) is 11.9. The van der Waals surface area contributed by atoms with Gasteiger partial charge in [-0.05, 0) is 56.0 Å². The Hall–Kier alpha value is -2.43. The third-order valence-corrected chi connectivity index (χ3v) is 5.55. The Kier molecular flexibility index (Phi) is 3.56. The first-order valence-corrected chi connectivity index (χ1v) is 8.64. The first kappa shape index (κ1) is 16.1. The summed E-state index contributed by atoms with van der Waals surface area (Å²) in [6.07, 6.45) is 2.41. The van der Waals surface area contributed by atoms with Crippen molar-refractivity contribution in [3.63, 3.8) is 0 Å². The van der Waals surface area contributed by atoms with Crippen LogP contribution in [0.5, 0.6) is 5.75 Å². The lowest BCUT2D eigenvalue weighted by Crippen LogP contribution is -2.39. The fraction of sp³-hybridized carbons (Fsp3) is 0.400. The second-order valence-electron chi connectivity index (χ2n) is 7.39. The van der Waals surface area contributed by atoms with E-state index in [0.29, 0.717) is 23.3 Å². The highest BCUT2D eigenvalue weighted by atomic mass is 19.1. The number of halogens is 1. The van der Waals surface area contributed by atoms with Crippen LogP contribution in [0.2, 0.25) is 0 Å². The average molecular weight is 340 g/mol. The van der Waals surface area contributed by atoms with Crippen molar-refractivity contribution in [3.05, 3.63) is 47.4 Å². The summed E-state index contributed by atoms with van der Waals surface area (Å²) in [5, 5.41) is 0. The van der Waals surface area contributed by atoms with Crippen LogP contribution in [0.25, 0.3) is 11.3 Å². The van der Waals surface area contributed by atoms with Gasteiger partial charge in [-0.25, -0.2) is 9.37 Å². The Morgan fingerprint density at radius 3 is 2.64 bits per heavy atom. The van der Waals surface area contributed by atoms with Gasteiger partial charge >= 0.3 is 0 Å². The number of aromatic nitrogens is 1. The molecular weight excluding hydrogens is 319 g/mol. The van der Waals surface area contributed by atoms with Crippen LogP contribution < -0.4 is 10.5 Å². The molecule has 5 heteroatoms. The minimum atomic E-state index is -0.870. The smallest absolute Gasteiger partial charge is 0.231 e. The van der Waals surface area contributed by atoms with Crippen molar-refractivity contribution in [2.75, 3.05) is 6.61 Å². The van der Waals surface area contributed by atoms with Gasteiger partial charge in [0.25, 0.3) is 0 Å². The highest BCUT2D eigenvalue weighted by molar-refractivity contribution is 5.90. The summed E-state index contributed by atoms with van der Waals surface area (Å²) in [6, 6.07) is 8.16. The average Bonchev–Trinajstić information content (AvgIpc) is 3.39. The molecule has 130 valence electrons. The molecule has 4 nitrogen and oxygen atoms in total. The molecule has 1 unspecified atom stereocenters. The number of amides is 1. The summed E-state index contributed by atoms with van der Waals surface area (Å²) < 4.78 is 19.2. The number of carbonyl (C=O) groups is 1. The van der Waals surface area contributed by atoms with Crippen LogP contribution in [0.1, 0.15) is 43.9 Å². The molecule has 2 N–H and O–H groups in total. The lowest BCUT2D eigenvalue weighted by molar-refractivity contribution is -0.123. The van der Waals surface area contributed by atoms with E-state index in [1.165, 1.54) is 25.0 Å². The molecule has 1 aromatic carbocycles. The number of carbonyl (C=O) groups excluding carboxylic acids is 1. The van der Waals surface area contributed by atoms with Crippen molar-refractivity contribution in [3.8, 4) is 17.0 Å². The fourth-order valence-electron chi connectivity index (χ4n) is 3.48. The molecule has 1 amide bonds. The van der Waals surface area contributed by atoms with Crippen molar-refractivity contribution < 1.29 is 13.9 Å². The lowest BCUT2D eigenvalue weighted by atomic mass is 9.82. The molecule has 2 aromatic rings. The third kappa shape index (κ3) is 2.58. The lowest BCUT2D eigenvalue weighted by Gasteiger charge is -2.20. The zero-order valence-electron chi connectivity index (χ0n) is 14.4. The van der Waals surface area contributed by atoms with Gasteiger partial charge in [0.05, 0.1) is 0 Å². The zero-order valence-corrected chi connectivity index (χ0v) is 14.4. The van der Waals surface area contributed by atoms with Crippen molar-refractivity contribution in [1.29, 1.82) is 0 Å². The van der Waals surface area contributed by atoms with Gasteiger partial charge < -0.3 is 10.5 Å². The molecule has 2 heterocycles. The summed E-state index contributed by atoms with van der Waals surface area (Å²) in [7, 11) is 0. The van der Waals surface area contributed by atoms with E-state index >= 15 is 0 Å². The fourth-order valence-corrected chi connectivity index (χ4v) is 3.48. The number of benzene rings is 1. The Morgan fingerprint density at radius 2 is 2.04 bits per heavy atom. The van der Waals surface area contributed by atoms with Gasteiger partial charge in [0.2, 0.25) is 5.91 Å². The van der Waals surface area contributed by atoms with Gasteiger partial charge in [0, 0.05) is 22.7 Å². The molecule has 4 rings (SSSR count). The Bertz CT molecular complexity index is 846. The van der Waals surface area contributed by atoms with E-state index in [4.69, 9.17) is 15.5 Å². The molecule has 0 radical (unpaired) electrons. The molecule has 0 saturated heterocycles. The van der Waals surface area contributed by atoms with Gasteiger partial charge in [-0.1, -0.05) is 6.92 Å². The quantitative estimate of drug-likeness (QED) is 0.926. The molecular formula is C20H21FN2O2. The number of hydrogen-bond acceptors (Lipinski definition) is 3. The second kappa shape index (κ2) is 5.55. The van der Waals surface area contributed by atoms with Gasteiger partial charge in [0.15, 0.2) is 0 Å². The van der Waals surface area contributed by atoms with Gasteiger partial charge in [0.1, 0.15) is 29.3 Å². The molecule has 1 aromatic heterocycles. The molecule has 25 heavy (non-hydrogen) atoms. The first-order valence-electron chi connectivity index (χ1n) is 8.64. The van der Waals surface area contributed by atoms with Crippen molar-refractivity contribution in [2.24, 2.45) is 11.7 Å². The third-order valence-electron chi connectivity index (χ3n) is 5.55. The summed E-state index contributed by atoms with van der Waals surface area (Å²) in [5.74, 6) is 0.814. The van der Waals surface area contributed by atoms with E-state index in [2.05, 4.69) is 6.92 Å². The summed E-state index contributed by atoms with van der Waals surface area (Å²) in [6.45, 7) is 4.17. The molecule has 1 aliphatic heterocycles. The van der Waals surface area contributed by atoms with E-state index in [0.717, 1.165) is 16.8 Å². The highest BCUT2D eigenvalue weighted by Crippen LogP contribution is 2.48. The van der Waals surface area contributed by atoms with Crippen LogP contribution in [0, 0.1) is 11.7 Å². The van der Waals surface area contributed by atoms with E-state index in [1.807, 2.05) is 6.07 Å². The van der Waals surface area contributed by atoms with Crippen LogP contribution in [0.15, 0.2) is 30.3 Å². The summed E-state index contributed by atoms with van der Waals surface area (Å²) >= 11 is 0. The number of hydrogen-bond donors (Lipinski definition) is 1. The van der Waals surface area contributed by atoms with E-state index in [1.54, 1.807) is 19.1 Å². The maximum atomic E-state index is 13.3. The topological polar surface area (TPSA) is 65.2 Å². The SMILES string of the molecule is CC(c1cc2c(c(-c3ccc(F)cc3)n1)OC[C@]2(C)C(N)=O)C1CC1. The Labute approximate surface area is 146 Å². The molecule has 0 spiro atoms. The van der Waals surface area contributed by atoms with Gasteiger partial charge in [-0.3, -0.25) is 4.79 Å². The highest BCUT2D eigenvalue weighted by Gasteiger charge is 2.44. The largest absolute Gasteiger partial charge is 0.489 e. The molecule has 1 aliphatic carbocycles. The molecule has 2 atom stereocenters. The number of rotatable bonds is 4. The molecule has 2 aliphatic rings. The van der Waals surface area contributed by atoms with Crippen LogP contribution in [-0.4, -0.2) is 17.5 Å². The zero-order chi connectivity index (χ0) is 17.8. The van der Waals surface area contributed by atoms with Crippen LogP contribution in [-0.2, 0) is 10.2 Å². The maximum Gasteiger partial charge on any atom is 0.231 e. The van der Waals surface area contributed by atoms with Crippen LogP contribution >= 0.6 is 0 Å². The minimum absolute atomic E-state index is 0.203. The molecule has 0 bridgehead atoms. The predicted octanol–water partition coefficient (Wildman–Crippen LogP) is 3.54. The maximum absolute atomic E-state index is 13.3. The van der Waals surface area contributed by atoms with E-state index in [-0.39, 0.29) is 12.4 Å². The predicted molar refractivity (Wildman–Crippen MR) is 92.8 cm³/mol. The van der Waals surface area contributed by atoms with E-state index < -0.39 is 11.3 Å². The summed E-state index contributed by atoms with van der Waals surface area (Å²) in [4.78, 5) is 16.9.